The Hall–Kier alpha value is 0.350. The molecule has 90 valence electrons. The van der Waals surface area contributed by atoms with Crippen molar-refractivity contribution in [3.05, 3.63) is 0 Å². The zero-order valence-electron chi connectivity index (χ0n) is 9.15. The molecule has 1 heterocycles. The minimum absolute atomic E-state index is 0.174. The molecule has 1 aliphatic rings. The van der Waals surface area contributed by atoms with Crippen LogP contribution in [0, 0.1) is 0 Å². The average Bonchev–Trinajstić information content (AvgIpc) is 2.13. The van der Waals surface area contributed by atoms with Gasteiger partial charge in [0.1, 0.15) is 9.84 Å². The van der Waals surface area contributed by atoms with Gasteiger partial charge < -0.3 is 4.74 Å². The summed E-state index contributed by atoms with van der Waals surface area (Å²) in [5.74, 6) is 0.231. The van der Waals surface area contributed by atoms with E-state index in [0.29, 0.717) is 6.54 Å². The van der Waals surface area contributed by atoms with E-state index < -0.39 is 9.84 Å². The lowest BCUT2D eigenvalue weighted by Gasteiger charge is -2.35. The summed E-state index contributed by atoms with van der Waals surface area (Å²) >= 11 is 3.39. The van der Waals surface area contributed by atoms with E-state index in [1.54, 1.807) is 0 Å². The fraction of sp³-hybridized carbons (Fsp3) is 1.00. The fourth-order valence-electron chi connectivity index (χ4n) is 1.70. The molecule has 1 fully saturated rings. The van der Waals surface area contributed by atoms with Gasteiger partial charge in [0.15, 0.2) is 0 Å². The number of alkyl halides is 1. The lowest BCUT2D eigenvalue weighted by atomic mass is 10.2. The van der Waals surface area contributed by atoms with Crippen molar-refractivity contribution in [2.24, 2.45) is 0 Å². The average molecular weight is 300 g/mol. The van der Waals surface area contributed by atoms with Crippen LogP contribution in [0.25, 0.3) is 0 Å². The number of ether oxygens (including phenoxy) is 1. The number of sulfone groups is 1. The fourth-order valence-corrected chi connectivity index (χ4v) is 2.65. The van der Waals surface area contributed by atoms with Gasteiger partial charge in [-0.3, -0.25) is 4.90 Å². The van der Waals surface area contributed by atoms with Gasteiger partial charge in [-0.15, -0.1) is 0 Å². The number of halogens is 1. The van der Waals surface area contributed by atoms with Gasteiger partial charge in [-0.25, -0.2) is 8.42 Å². The third-order valence-corrected chi connectivity index (χ3v) is 4.00. The van der Waals surface area contributed by atoms with Gasteiger partial charge >= 0.3 is 0 Å². The summed E-state index contributed by atoms with van der Waals surface area (Å²) in [6.45, 7) is 4.25. The third kappa shape index (κ3) is 5.29. The molecule has 0 spiro atoms. The highest BCUT2D eigenvalue weighted by Gasteiger charge is 2.24. The first-order valence-corrected chi connectivity index (χ1v) is 8.20. The molecule has 0 bridgehead atoms. The van der Waals surface area contributed by atoms with Crippen molar-refractivity contribution < 1.29 is 13.2 Å². The van der Waals surface area contributed by atoms with E-state index in [1.807, 2.05) is 6.92 Å². The lowest BCUT2D eigenvalue weighted by Crippen LogP contribution is -2.48. The van der Waals surface area contributed by atoms with Crippen LogP contribution in [0.1, 0.15) is 6.92 Å². The lowest BCUT2D eigenvalue weighted by molar-refractivity contribution is -0.0634. The summed E-state index contributed by atoms with van der Waals surface area (Å²) in [6, 6.07) is 0. The van der Waals surface area contributed by atoms with Crippen LogP contribution >= 0.6 is 15.9 Å². The number of morpholine rings is 1. The van der Waals surface area contributed by atoms with Crippen molar-refractivity contribution in [1.29, 1.82) is 0 Å². The Balaban J connectivity index is 2.41. The van der Waals surface area contributed by atoms with Gasteiger partial charge in [0.05, 0.1) is 18.0 Å². The van der Waals surface area contributed by atoms with Crippen molar-refractivity contribution in [3.8, 4) is 0 Å². The largest absolute Gasteiger partial charge is 0.372 e. The Morgan fingerprint density at radius 3 is 2.67 bits per heavy atom. The molecule has 0 aromatic carbocycles. The zero-order chi connectivity index (χ0) is 11.5. The van der Waals surface area contributed by atoms with E-state index in [1.165, 1.54) is 6.26 Å². The summed E-state index contributed by atoms with van der Waals surface area (Å²) < 4.78 is 27.7. The molecule has 1 rings (SSSR count). The Morgan fingerprint density at radius 2 is 2.13 bits per heavy atom. The second-order valence-corrected chi connectivity index (χ2v) is 7.02. The minimum Gasteiger partial charge on any atom is -0.372 e. The van der Waals surface area contributed by atoms with Crippen LogP contribution in [0.5, 0.6) is 0 Å². The molecule has 4 nitrogen and oxygen atoms in total. The molecule has 15 heavy (non-hydrogen) atoms. The minimum atomic E-state index is -2.86. The van der Waals surface area contributed by atoms with Gasteiger partial charge in [-0.2, -0.15) is 0 Å². The zero-order valence-corrected chi connectivity index (χ0v) is 11.6. The molecule has 0 aromatic heterocycles. The summed E-state index contributed by atoms with van der Waals surface area (Å²) in [4.78, 5) is 2.15. The molecular formula is C9H18BrNO3S. The van der Waals surface area contributed by atoms with E-state index in [0.717, 1.165) is 18.4 Å². The van der Waals surface area contributed by atoms with Crippen molar-refractivity contribution in [2.75, 3.05) is 37.0 Å². The van der Waals surface area contributed by atoms with E-state index >= 15 is 0 Å². The molecule has 2 atom stereocenters. The van der Waals surface area contributed by atoms with Crippen LogP contribution < -0.4 is 0 Å². The quantitative estimate of drug-likeness (QED) is 0.710. The van der Waals surface area contributed by atoms with Crippen molar-refractivity contribution in [1.82, 2.24) is 4.90 Å². The van der Waals surface area contributed by atoms with Crippen LogP contribution in [0.2, 0.25) is 0 Å². The first kappa shape index (κ1) is 13.4. The Morgan fingerprint density at radius 1 is 1.47 bits per heavy atom. The molecule has 0 aromatic rings. The maximum Gasteiger partial charge on any atom is 0.148 e. The molecule has 2 unspecified atom stereocenters. The number of nitrogens with zero attached hydrogens (tertiary/aromatic N) is 1. The highest BCUT2D eigenvalue weighted by atomic mass is 79.9. The van der Waals surface area contributed by atoms with Gasteiger partial charge in [0.2, 0.25) is 0 Å². The normalized spacial score (nSPS) is 29.3. The number of hydrogen-bond acceptors (Lipinski definition) is 4. The Kier molecular flexibility index (Phi) is 5.02. The SMILES string of the molecule is CC1CN(CCS(C)(=O)=O)CC(CBr)O1. The van der Waals surface area contributed by atoms with Gasteiger partial charge in [0.25, 0.3) is 0 Å². The van der Waals surface area contributed by atoms with Crippen molar-refractivity contribution in [3.63, 3.8) is 0 Å². The first-order valence-electron chi connectivity index (χ1n) is 5.02. The summed E-state index contributed by atoms with van der Waals surface area (Å²) in [7, 11) is -2.86. The summed E-state index contributed by atoms with van der Waals surface area (Å²) in [6.07, 6.45) is 1.63. The molecule has 1 aliphatic heterocycles. The standard InChI is InChI=1S/C9H18BrNO3S/c1-8-6-11(3-4-15(2,12)13)7-9(5-10)14-8/h8-9H,3-7H2,1-2H3. The highest BCUT2D eigenvalue weighted by Crippen LogP contribution is 2.12. The van der Waals surface area contributed by atoms with Crippen LogP contribution in [0.3, 0.4) is 0 Å². The predicted octanol–water partition coefficient (Wildman–Crippen LogP) is 0.515. The Bertz CT molecular complexity index is 294. The smallest absolute Gasteiger partial charge is 0.148 e. The maximum absolute atomic E-state index is 11.0. The van der Waals surface area contributed by atoms with Gasteiger partial charge in [0, 0.05) is 31.2 Å². The first-order chi connectivity index (χ1) is 6.90. The topological polar surface area (TPSA) is 46.6 Å². The van der Waals surface area contributed by atoms with Crippen LogP contribution in [-0.4, -0.2) is 62.5 Å². The molecular weight excluding hydrogens is 282 g/mol. The molecule has 6 heteroatoms. The van der Waals surface area contributed by atoms with Crippen molar-refractivity contribution in [2.45, 2.75) is 19.1 Å². The van der Waals surface area contributed by atoms with Crippen LogP contribution in [0.4, 0.5) is 0 Å². The second-order valence-electron chi connectivity index (χ2n) is 4.11. The maximum atomic E-state index is 11.0. The van der Waals surface area contributed by atoms with Crippen molar-refractivity contribution >= 4 is 25.8 Å². The highest BCUT2D eigenvalue weighted by molar-refractivity contribution is 9.09. The Labute approximate surface area is 100 Å². The monoisotopic (exact) mass is 299 g/mol. The van der Waals surface area contributed by atoms with Gasteiger partial charge in [-0.1, -0.05) is 15.9 Å². The molecule has 0 saturated carbocycles. The van der Waals surface area contributed by atoms with E-state index in [2.05, 4.69) is 20.8 Å². The molecule has 0 N–H and O–H groups in total. The third-order valence-electron chi connectivity index (χ3n) is 2.35. The van der Waals surface area contributed by atoms with E-state index in [4.69, 9.17) is 4.74 Å². The summed E-state index contributed by atoms with van der Waals surface area (Å²) in [5, 5.41) is 0.798. The predicted molar refractivity (Wildman–Crippen MR) is 64.3 cm³/mol. The van der Waals surface area contributed by atoms with E-state index in [-0.39, 0.29) is 18.0 Å². The molecule has 0 aliphatic carbocycles. The van der Waals surface area contributed by atoms with Crippen LogP contribution in [-0.2, 0) is 14.6 Å². The van der Waals surface area contributed by atoms with Crippen LogP contribution in [0.15, 0.2) is 0 Å². The second kappa shape index (κ2) is 5.61. The molecule has 0 radical (unpaired) electrons. The molecule has 0 amide bonds. The summed E-state index contributed by atoms with van der Waals surface area (Å²) in [5.41, 5.74) is 0. The molecule has 1 saturated heterocycles. The van der Waals surface area contributed by atoms with E-state index in [9.17, 15) is 8.42 Å². The van der Waals surface area contributed by atoms with Gasteiger partial charge in [-0.05, 0) is 6.92 Å². The number of rotatable bonds is 4. The number of hydrogen-bond donors (Lipinski definition) is 0.